The predicted molar refractivity (Wildman–Crippen MR) is 88.5 cm³/mol. The number of hydrogen-bond donors (Lipinski definition) is 2. The molecule has 0 aliphatic rings. The number of benzene rings is 1. The summed E-state index contributed by atoms with van der Waals surface area (Å²) in [5, 5.41) is 8.28. The third-order valence-corrected chi connectivity index (χ3v) is 4.52. The Bertz CT molecular complexity index is 589. The van der Waals surface area contributed by atoms with E-state index in [2.05, 4.69) is 60.2 Å². The summed E-state index contributed by atoms with van der Waals surface area (Å²) in [6, 6.07) is 10.4. The van der Waals surface area contributed by atoms with Gasteiger partial charge in [0.15, 0.2) is 0 Å². The summed E-state index contributed by atoms with van der Waals surface area (Å²) >= 11 is 1.72. The molecule has 4 heteroatoms. The van der Waals surface area contributed by atoms with Crippen LogP contribution in [0.4, 0.5) is 0 Å². The highest BCUT2D eigenvalue weighted by molar-refractivity contribution is 7.10. The summed E-state index contributed by atoms with van der Waals surface area (Å²) in [5.74, 6) is 0.0253. The van der Waals surface area contributed by atoms with Crippen LogP contribution in [0.5, 0.6) is 0 Å². The van der Waals surface area contributed by atoms with Crippen LogP contribution in [0, 0.1) is 13.8 Å². The number of nitrogens with one attached hydrogen (secondary N) is 2. The van der Waals surface area contributed by atoms with E-state index in [1.807, 2.05) is 6.92 Å². The SMILES string of the molecule is Cc1ccc([C@H](C)NC(=O)CNCc2sccc2C)cc1. The summed E-state index contributed by atoms with van der Waals surface area (Å²) < 4.78 is 0. The molecule has 1 atom stereocenters. The van der Waals surface area contributed by atoms with Crippen molar-refractivity contribution in [2.75, 3.05) is 6.54 Å². The van der Waals surface area contributed by atoms with Crippen LogP contribution in [-0.4, -0.2) is 12.5 Å². The Balaban J connectivity index is 1.76. The van der Waals surface area contributed by atoms with Gasteiger partial charge in [-0.3, -0.25) is 4.79 Å². The van der Waals surface area contributed by atoms with Crippen LogP contribution >= 0.6 is 11.3 Å². The molecule has 1 heterocycles. The minimum absolute atomic E-state index is 0.0253. The second-order valence-corrected chi connectivity index (χ2v) is 6.33. The maximum Gasteiger partial charge on any atom is 0.234 e. The predicted octanol–water partition coefficient (Wildman–Crippen LogP) is 3.33. The molecule has 0 fully saturated rings. The molecule has 112 valence electrons. The van der Waals surface area contributed by atoms with Gasteiger partial charge in [-0.2, -0.15) is 0 Å². The monoisotopic (exact) mass is 302 g/mol. The van der Waals surface area contributed by atoms with E-state index in [0.29, 0.717) is 6.54 Å². The van der Waals surface area contributed by atoms with E-state index < -0.39 is 0 Å². The molecule has 0 unspecified atom stereocenters. The molecule has 21 heavy (non-hydrogen) atoms. The van der Waals surface area contributed by atoms with E-state index in [0.717, 1.165) is 12.1 Å². The lowest BCUT2D eigenvalue weighted by molar-refractivity contribution is -0.120. The number of amides is 1. The highest BCUT2D eigenvalue weighted by atomic mass is 32.1. The van der Waals surface area contributed by atoms with Crippen molar-refractivity contribution in [2.45, 2.75) is 33.4 Å². The van der Waals surface area contributed by atoms with E-state index in [1.165, 1.54) is 16.0 Å². The van der Waals surface area contributed by atoms with Crippen molar-refractivity contribution in [3.63, 3.8) is 0 Å². The normalized spacial score (nSPS) is 12.1. The number of hydrogen-bond acceptors (Lipinski definition) is 3. The number of carbonyl (C=O) groups excluding carboxylic acids is 1. The van der Waals surface area contributed by atoms with E-state index >= 15 is 0 Å². The molecule has 2 N–H and O–H groups in total. The molecule has 0 aliphatic heterocycles. The maximum atomic E-state index is 11.9. The van der Waals surface area contributed by atoms with Gasteiger partial charge in [0.05, 0.1) is 12.6 Å². The van der Waals surface area contributed by atoms with Crippen LogP contribution in [0.1, 0.15) is 34.5 Å². The first-order valence-corrected chi connectivity index (χ1v) is 8.04. The first-order chi connectivity index (χ1) is 10.1. The first kappa shape index (κ1) is 15.7. The topological polar surface area (TPSA) is 41.1 Å². The minimum atomic E-state index is 0.0253. The first-order valence-electron chi connectivity index (χ1n) is 7.16. The van der Waals surface area contributed by atoms with Gasteiger partial charge in [-0.05, 0) is 43.3 Å². The summed E-state index contributed by atoms with van der Waals surface area (Å²) in [7, 11) is 0. The maximum absolute atomic E-state index is 11.9. The van der Waals surface area contributed by atoms with Gasteiger partial charge in [-0.15, -0.1) is 11.3 Å². The van der Waals surface area contributed by atoms with Gasteiger partial charge in [0, 0.05) is 11.4 Å². The number of thiophene rings is 1. The Morgan fingerprint density at radius 2 is 1.90 bits per heavy atom. The summed E-state index contributed by atoms with van der Waals surface area (Å²) in [4.78, 5) is 13.2. The number of aryl methyl sites for hydroxylation is 2. The molecule has 1 aromatic carbocycles. The molecular formula is C17H22N2OS. The average Bonchev–Trinajstić information content (AvgIpc) is 2.85. The smallest absolute Gasteiger partial charge is 0.234 e. The number of rotatable bonds is 6. The third kappa shape index (κ3) is 4.69. The Morgan fingerprint density at radius 3 is 2.52 bits per heavy atom. The fourth-order valence-electron chi connectivity index (χ4n) is 2.11. The Labute approximate surface area is 130 Å². The quantitative estimate of drug-likeness (QED) is 0.859. The molecule has 0 saturated carbocycles. The van der Waals surface area contributed by atoms with Gasteiger partial charge in [-0.1, -0.05) is 29.8 Å². The van der Waals surface area contributed by atoms with E-state index in [-0.39, 0.29) is 11.9 Å². The van der Waals surface area contributed by atoms with Crippen molar-refractivity contribution < 1.29 is 4.79 Å². The van der Waals surface area contributed by atoms with Crippen LogP contribution in [0.2, 0.25) is 0 Å². The number of carbonyl (C=O) groups is 1. The summed E-state index contributed by atoms with van der Waals surface area (Å²) in [5.41, 5.74) is 3.63. The fourth-order valence-corrected chi connectivity index (χ4v) is 2.98. The second-order valence-electron chi connectivity index (χ2n) is 5.33. The lowest BCUT2D eigenvalue weighted by Crippen LogP contribution is -2.35. The summed E-state index contributed by atoms with van der Waals surface area (Å²) in [6.07, 6.45) is 0. The van der Waals surface area contributed by atoms with E-state index in [4.69, 9.17) is 0 Å². The van der Waals surface area contributed by atoms with Crippen LogP contribution in [0.15, 0.2) is 35.7 Å². The van der Waals surface area contributed by atoms with Gasteiger partial charge < -0.3 is 10.6 Å². The molecule has 1 aromatic heterocycles. The molecular weight excluding hydrogens is 280 g/mol. The fraction of sp³-hybridized carbons (Fsp3) is 0.353. The van der Waals surface area contributed by atoms with Gasteiger partial charge >= 0.3 is 0 Å². The third-order valence-electron chi connectivity index (χ3n) is 3.49. The van der Waals surface area contributed by atoms with Gasteiger partial charge in [0.2, 0.25) is 5.91 Å². The Hall–Kier alpha value is -1.65. The highest BCUT2D eigenvalue weighted by Gasteiger charge is 2.09. The van der Waals surface area contributed by atoms with Crippen molar-refractivity contribution in [3.8, 4) is 0 Å². The van der Waals surface area contributed by atoms with Crippen LogP contribution in [-0.2, 0) is 11.3 Å². The average molecular weight is 302 g/mol. The van der Waals surface area contributed by atoms with Gasteiger partial charge in [0.1, 0.15) is 0 Å². The molecule has 2 aromatic rings. The molecule has 2 rings (SSSR count). The van der Waals surface area contributed by atoms with Crippen molar-refractivity contribution >= 4 is 17.2 Å². The minimum Gasteiger partial charge on any atom is -0.348 e. The molecule has 0 spiro atoms. The van der Waals surface area contributed by atoms with Crippen molar-refractivity contribution in [3.05, 3.63) is 57.3 Å². The van der Waals surface area contributed by atoms with Gasteiger partial charge in [0.25, 0.3) is 0 Å². The zero-order valence-corrected chi connectivity index (χ0v) is 13.6. The van der Waals surface area contributed by atoms with Crippen LogP contribution < -0.4 is 10.6 Å². The Kier molecular flexibility index (Phi) is 5.53. The second kappa shape index (κ2) is 7.38. The lowest BCUT2D eigenvalue weighted by Gasteiger charge is -2.15. The van der Waals surface area contributed by atoms with Crippen molar-refractivity contribution in [1.29, 1.82) is 0 Å². The molecule has 0 saturated heterocycles. The van der Waals surface area contributed by atoms with E-state index in [9.17, 15) is 4.79 Å². The Morgan fingerprint density at radius 1 is 1.19 bits per heavy atom. The van der Waals surface area contributed by atoms with Crippen LogP contribution in [0.3, 0.4) is 0 Å². The van der Waals surface area contributed by atoms with Crippen molar-refractivity contribution in [2.24, 2.45) is 0 Å². The standard InChI is InChI=1S/C17H22N2OS/c1-12-4-6-15(7-5-12)14(3)19-17(20)11-18-10-16-13(2)8-9-21-16/h4-9,14,18H,10-11H2,1-3H3,(H,19,20)/t14-/m0/s1. The molecule has 1 amide bonds. The lowest BCUT2D eigenvalue weighted by atomic mass is 10.1. The van der Waals surface area contributed by atoms with E-state index in [1.54, 1.807) is 11.3 Å². The summed E-state index contributed by atoms with van der Waals surface area (Å²) in [6.45, 7) is 7.24. The molecule has 0 radical (unpaired) electrons. The molecule has 0 aliphatic carbocycles. The molecule has 0 bridgehead atoms. The largest absolute Gasteiger partial charge is 0.348 e. The zero-order chi connectivity index (χ0) is 15.2. The van der Waals surface area contributed by atoms with Gasteiger partial charge in [-0.25, -0.2) is 0 Å². The highest BCUT2D eigenvalue weighted by Crippen LogP contribution is 2.15. The molecule has 3 nitrogen and oxygen atoms in total. The zero-order valence-electron chi connectivity index (χ0n) is 12.8. The van der Waals surface area contributed by atoms with Crippen LogP contribution in [0.25, 0.3) is 0 Å². The van der Waals surface area contributed by atoms with Crippen molar-refractivity contribution in [1.82, 2.24) is 10.6 Å².